The Morgan fingerprint density at radius 2 is 2.05 bits per heavy atom. The number of ether oxygens (including phenoxy) is 1. The van der Waals surface area contributed by atoms with Gasteiger partial charge in [0, 0.05) is 19.6 Å². The molecule has 0 saturated heterocycles. The van der Waals surface area contributed by atoms with E-state index in [9.17, 15) is 4.79 Å². The number of hydrogen-bond acceptors (Lipinski definition) is 3. The number of rotatable bonds is 3. The van der Waals surface area contributed by atoms with E-state index in [1.807, 2.05) is 33.7 Å². The first-order valence-electron chi connectivity index (χ1n) is 6.20. The molecule has 0 N–H and O–H groups in total. The third-order valence-corrected chi connectivity index (χ3v) is 3.36. The fraction of sp³-hybridized carbons (Fsp3) is 0.286. The SMILES string of the molecule is COc1ccc(CN2CCn3cncc3C2=O)cc1. The molecule has 1 aromatic carbocycles. The van der Waals surface area contributed by atoms with Crippen molar-refractivity contribution in [3.63, 3.8) is 0 Å². The van der Waals surface area contributed by atoms with Gasteiger partial charge in [-0.15, -0.1) is 0 Å². The van der Waals surface area contributed by atoms with Crippen LogP contribution in [-0.4, -0.2) is 34.0 Å². The molecule has 0 atom stereocenters. The molecule has 0 unspecified atom stereocenters. The lowest BCUT2D eigenvalue weighted by atomic mass is 10.2. The smallest absolute Gasteiger partial charge is 0.272 e. The largest absolute Gasteiger partial charge is 0.497 e. The van der Waals surface area contributed by atoms with Gasteiger partial charge in [-0.3, -0.25) is 4.79 Å². The van der Waals surface area contributed by atoms with Gasteiger partial charge < -0.3 is 14.2 Å². The highest BCUT2D eigenvalue weighted by molar-refractivity contribution is 5.93. The Morgan fingerprint density at radius 3 is 2.79 bits per heavy atom. The first-order chi connectivity index (χ1) is 9.28. The number of methoxy groups -OCH3 is 1. The predicted octanol–water partition coefficient (Wildman–Crippen LogP) is 1.55. The Balaban J connectivity index is 1.75. The summed E-state index contributed by atoms with van der Waals surface area (Å²) in [6.45, 7) is 2.14. The summed E-state index contributed by atoms with van der Waals surface area (Å²) in [6, 6.07) is 7.79. The number of carbonyl (C=O) groups excluding carboxylic acids is 1. The molecule has 0 fully saturated rings. The Kier molecular flexibility index (Phi) is 2.95. The molecular formula is C14H15N3O2. The van der Waals surface area contributed by atoms with Crippen LogP contribution in [-0.2, 0) is 13.1 Å². The van der Waals surface area contributed by atoms with E-state index in [1.54, 1.807) is 19.6 Å². The minimum atomic E-state index is 0.0413. The van der Waals surface area contributed by atoms with Crippen molar-refractivity contribution in [1.29, 1.82) is 0 Å². The summed E-state index contributed by atoms with van der Waals surface area (Å²) < 4.78 is 7.02. The van der Waals surface area contributed by atoms with Crippen molar-refractivity contribution in [2.24, 2.45) is 0 Å². The minimum Gasteiger partial charge on any atom is -0.497 e. The topological polar surface area (TPSA) is 47.4 Å². The van der Waals surface area contributed by atoms with Crippen LogP contribution in [0.3, 0.4) is 0 Å². The van der Waals surface area contributed by atoms with Crippen LogP contribution < -0.4 is 4.74 Å². The second kappa shape index (κ2) is 4.76. The lowest BCUT2D eigenvalue weighted by Crippen LogP contribution is -2.39. The molecule has 5 heteroatoms. The standard InChI is InChI=1S/C14H15N3O2/c1-19-12-4-2-11(3-5-12)9-16-6-7-17-10-15-8-13(17)14(16)18/h2-5,8,10H,6-7,9H2,1H3. The summed E-state index contributed by atoms with van der Waals surface area (Å²) in [4.78, 5) is 18.1. The molecule has 98 valence electrons. The van der Waals surface area contributed by atoms with Crippen molar-refractivity contribution < 1.29 is 9.53 Å². The summed E-state index contributed by atoms with van der Waals surface area (Å²) in [6.07, 6.45) is 3.33. The molecule has 0 bridgehead atoms. The van der Waals surface area contributed by atoms with E-state index < -0.39 is 0 Å². The van der Waals surface area contributed by atoms with Gasteiger partial charge in [0.25, 0.3) is 5.91 Å². The highest BCUT2D eigenvalue weighted by Crippen LogP contribution is 2.17. The summed E-state index contributed by atoms with van der Waals surface area (Å²) >= 11 is 0. The molecule has 0 saturated carbocycles. The third-order valence-electron chi connectivity index (χ3n) is 3.36. The van der Waals surface area contributed by atoms with Crippen molar-refractivity contribution in [3.05, 3.63) is 48.0 Å². The van der Waals surface area contributed by atoms with Crippen LogP contribution in [0.25, 0.3) is 0 Å². The molecule has 1 amide bonds. The summed E-state index contributed by atoms with van der Waals surface area (Å²) in [7, 11) is 1.64. The number of nitrogens with zero attached hydrogens (tertiary/aromatic N) is 3. The number of amides is 1. The highest BCUT2D eigenvalue weighted by Gasteiger charge is 2.24. The molecule has 0 radical (unpaired) electrons. The van der Waals surface area contributed by atoms with Gasteiger partial charge in [0.2, 0.25) is 0 Å². The van der Waals surface area contributed by atoms with Crippen LogP contribution >= 0.6 is 0 Å². The molecule has 19 heavy (non-hydrogen) atoms. The first kappa shape index (κ1) is 11.8. The lowest BCUT2D eigenvalue weighted by Gasteiger charge is -2.27. The van der Waals surface area contributed by atoms with E-state index in [-0.39, 0.29) is 5.91 Å². The zero-order valence-corrected chi connectivity index (χ0v) is 10.7. The van der Waals surface area contributed by atoms with Gasteiger partial charge in [-0.1, -0.05) is 12.1 Å². The zero-order chi connectivity index (χ0) is 13.2. The van der Waals surface area contributed by atoms with Gasteiger partial charge in [-0.2, -0.15) is 0 Å². The molecule has 3 rings (SSSR count). The van der Waals surface area contributed by atoms with E-state index in [0.717, 1.165) is 17.9 Å². The van der Waals surface area contributed by atoms with Crippen LogP contribution in [0.15, 0.2) is 36.8 Å². The fourth-order valence-corrected chi connectivity index (χ4v) is 2.27. The van der Waals surface area contributed by atoms with Crippen LogP contribution in [0.1, 0.15) is 16.1 Å². The Bertz CT molecular complexity index is 589. The summed E-state index contributed by atoms with van der Waals surface area (Å²) in [5.41, 5.74) is 1.77. The maximum absolute atomic E-state index is 12.2. The highest BCUT2D eigenvalue weighted by atomic mass is 16.5. The fourth-order valence-electron chi connectivity index (χ4n) is 2.27. The van der Waals surface area contributed by atoms with Crippen LogP contribution in [0, 0.1) is 0 Å². The molecule has 1 aliphatic rings. The minimum absolute atomic E-state index is 0.0413. The number of aromatic nitrogens is 2. The van der Waals surface area contributed by atoms with Crippen molar-refractivity contribution >= 4 is 5.91 Å². The van der Waals surface area contributed by atoms with Gasteiger partial charge in [-0.05, 0) is 17.7 Å². The number of carbonyl (C=O) groups is 1. The van der Waals surface area contributed by atoms with Gasteiger partial charge in [0.15, 0.2) is 0 Å². The van der Waals surface area contributed by atoms with Gasteiger partial charge in [0.05, 0.1) is 19.6 Å². The van der Waals surface area contributed by atoms with Crippen molar-refractivity contribution in [1.82, 2.24) is 14.5 Å². The number of benzene rings is 1. The van der Waals surface area contributed by atoms with Gasteiger partial charge in [-0.25, -0.2) is 4.98 Å². The van der Waals surface area contributed by atoms with Crippen molar-refractivity contribution in [3.8, 4) is 5.75 Å². The number of fused-ring (bicyclic) bond motifs is 1. The molecule has 5 nitrogen and oxygen atoms in total. The molecule has 0 aliphatic carbocycles. The summed E-state index contributed by atoms with van der Waals surface area (Å²) in [5, 5.41) is 0. The summed E-state index contributed by atoms with van der Waals surface area (Å²) in [5.74, 6) is 0.867. The Hall–Kier alpha value is -2.30. The second-order valence-corrected chi connectivity index (χ2v) is 4.55. The van der Waals surface area contributed by atoms with E-state index >= 15 is 0 Å². The van der Waals surface area contributed by atoms with E-state index in [1.165, 1.54) is 0 Å². The van der Waals surface area contributed by atoms with E-state index in [2.05, 4.69) is 4.98 Å². The molecule has 1 aliphatic heterocycles. The van der Waals surface area contributed by atoms with Crippen LogP contribution in [0.2, 0.25) is 0 Å². The van der Waals surface area contributed by atoms with Gasteiger partial charge in [0.1, 0.15) is 11.4 Å². The number of imidazole rings is 1. The van der Waals surface area contributed by atoms with Crippen LogP contribution in [0.5, 0.6) is 5.75 Å². The van der Waals surface area contributed by atoms with Crippen LogP contribution in [0.4, 0.5) is 0 Å². The maximum atomic E-state index is 12.2. The quantitative estimate of drug-likeness (QED) is 0.838. The normalized spacial score (nSPS) is 14.4. The second-order valence-electron chi connectivity index (χ2n) is 4.55. The average Bonchev–Trinajstić information content (AvgIpc) is 2.92. The first-order valence-corrected chi connectivity index (χ1v) is 6.20. The van der Waals surface area contributed by atoms with E-state index in [0.29, 0.717) is 18.8 Å². The molecule has 0 spiro atoms. The Morgan fingerprint density at radius 1 is 1.26 bits per heavy atom. The van der Waals surface area contributed by atoms with Crippen molar-refractivity contribution in [2.45, 2.75) is 13.1 Å². The molecule has 2 aromatic rings. The van der Waals surface area contributed by atoms with Crippen molar-refractivity contribution in [2.75, 3.05) is 13.7 Å². The zero-order valence-electron chi connectivity index (χ0n) is 10.7. The number of hydrogen-bond donors (Lipinski definition) is 0. The predicted molar refractivity (Wildman–Crippen MR) is 70.0 cm³/mol. The monoisotopic (exact) mass is 257 g/mol. The Labute approximate surface area is 111 Å². The lowest BCUT2D eigenvalue weighted by molar-refractivity contribution is 0.0691. The molecule has 1 aromatic heterocycles. The van der Waals surface area contributed by atoms with Gasteiger partial charge >= 0.3 is 0 Å². The molecular weight excluding hydrogens is 242 g/mol. The third kappa shape index (κ3) is 2.19. The average molecular weight is 257 g/mol. The maximum Gasteiger partial charge on any atom is 0.272 e. The van der Waals surface area contributed by atoms with E-state index in [4.69, 9.17) is 4.74 Å². The molecule has 2 heterocycles.